The number of aromatic nitrogens is 8. The highest BCUT2D eigenvalue weighted by Crippen LogP contribution is 2.52. The third-order valence-corrected chi connectivity index (χ3v) is 11.6. The van der Waals surface area contributed by atoms with Gasteiger partial charge in [-0.2, -0.15) is 9.97 Å². The van der Waals surface area contributed by atoms with Gasteiger partial charge in [0.1, 0.15) is 60.9 Å². The van der Waals surface area contributed by atoms with E-state index < -0.39 is 132 Å². The van der Waals surface area contributed by atoms with E-state index >= 15 is 0 Å². The summed E-state index contributed by atoms with van der Waals surface area (Å²) in [4.78, 5) is 86.5. The van der Waals surface area contributed by atoms with Gasteiger partial charge in [-0.1, -0.05) is 0 Å². The predicted molar refractivity (Wildman–Crippen MR) is 194 cm³/mol. The molecule has 328 valence electrons. The number of hydrogen-bond donors (Lipinski definition) is 10. The maximum absolute atomic E-state index is 13.3. The number of phosphoric acid groups is 2. The third-order valence-electron chi connectivity index (χ3n) is 9.64. The van der Waals surface area contributed by atoms with E-state index in [-0.39, 0.29) is 28.5 Å². The molecular weight excluding hydrogens is 854 g/mol. The number of rotatable bonds is 14. The minimum Gasteiger partial charge on any atom is -0.394 e. The number of phosphoric ester groups is 2. The van der Waals surface area contributed by atoms with Crippen LogP contribution in [0, 0.1) is 6.92 Å². The Balaban J connectivity index is 1.05. The van der Waals surface area contributed by atoms with E-state index in [0.29, 0.717) is 0 Å². The average molecular weight is 893 g/mol. The van der Waals surface area contributed by atoms with Gasteiger partial charge in [-0.25, -0.2) is 23.7 Å². The van der Waals surface area contributed by atoms with E-state index in [0.717, 1.165) is 32.4 Å². The van der Waals surface area contributed by atoms with E-state index in [1.54, 1.807) is 0 Å². The lowest BCUT2D eigenvalue weighted by Gasteiger charge is -2.25. The van der Waals surface area contributed by atoms with Gasteiger partial charge < -0.3 is 55.9 Å². The number of aryl methyl sites for hydroxylation is 1. The smallest absolute Gasteiger partial charge is 0.394 e. The van der Waals surface area contributed by atoms with Crippen LogP contribution in [0.15, 0.2) is 44.0 Å². The fourth-order valence-electron chi connectivity index (χ4n) is 6.73. The van der Waals surface area contributed by atoms with Crippen molar-refractivity contribution in [2.75, 3.05) is 31.3 Å². The second kappa shape index (κ2) is 16.7. The molecule has 0 spiro atoms. The number of fused-ring (bicyclic) bond motifs is 1. The van der Waals surface area contributed by atoms with Crippen molar-refractivity contribution in [1.29, 1.82) is 0 Å². The maximum atomic E-state index is 13.3. The Morgan fingerprint density at radius 3 is 2.22 bits per heavy atom. The molecule has 60 heavy (non-hydrogen) atoms. The van der Waals surface area contributed by atoms with Crippen LogP contribution in [-0.4, -0.2) is 137 Å². The summed E-state index contributed by atoms with van der Waals surface area (Å²) in [5, 5.41) is 42.2. The normalized spacial score (nSPS) is 31.4. The zero-order chi connectivity index (χ0) is 43.4. The Hall–Kier alpha value is -4.55. The van der Waals surface area contributed by atoms with Gasteiger partial charge in [0.25, 0.3) is 11.1 Å². The Kier molecular flexibility index (Phi) is 12.1. The second-order valence-electron chi connectivity index (χ2n) is 13.7. The fraction of sp³-hybridized carbons (Fsp3) is 0.552. The van der Waals surface area contributed by atoms with Crippen LogP contribution in [0.1, 0.15) is 30.7 Å². The summed E-state index contributed by atoms with van der Waals surface area (Å²) in [6.07, 6.45) is -14.7. The lowest BCUT2D eigenvalue weighted by Crippen LogP contribution is -2.36. The van der Waals surface area contributed by atoms with Gasteiger partial charge in [0.15, 0.2) is 23.6 Å². The summed E-state index contributed by atoms with van der Waals surface area (Å²) in [5.74, 6) is -0.428. The summed E-state index contributed by atoms with van der Waals surface area (Å²) >= 11 is 0. The molecule has 13 atom stereocenters. The van der Waals surface area contributed by atoms with Gasteiger partial charge in [-0.3, -0.25) is 51.4 Å². The van der Waals surface area contributed by atoms with Gasteiger partial charge in [-0.05, 0) is 13.0 Å². The van der Waals surface area contributed by atoms with Crippen LogP contribution in [0.5, 0.6) is 0 Å². The van der Waals surface area contributed by atoms with Crippen molar-refractivity contribution < 1.29 is 71.6 Å². The van der Waals surface area contributed by atoms with Crippen molar-refractivity contribution in [2.24, 2.45) is 0 Å². The third kappa shape index (κ3) is 8.77. The van der Waals surface area contributed by atoms with Gasteiger partial charge in [0.05, 0.1) is 26.1 Å². The van der Waals surface area contributed by atoms with Gasteiger partial charge in [0.2, 0.25) is 5.95 Å². The van der Waals surface area contributed by atoms with Crippen LogP contribution in [0.4, 0.5) is 11.8 Å². The average Bonchev–Trinajstić information content (AvgIpc) is 3.92. The number of aliphatic hydroxyl groups is 4. The highest BCUT2D eigenvalue weighted by molar-refractivity contribution is 7.47. The molecule has 3 aliphatic heterocycles. The monoisotopic (exact) mass is 892 g/mol. The SMILES string of the molecule is Cc1cn([C@H]2C[C@H](OP(=O)(O)OC[C@H]3O[C@@H](n4ccc(N)nc4=O)[C@H](O)[C@@H]3O)[C@@H](COP(=O)(O)O[C@H]3[C@@H](O)[C@H](n4cnc5c(=O)[nH]c(N)nc54)O[C@@H]3CO)O2)c(=O)[nH]c1=O. The summed E-state index contributed by atoms with van der Waals surface area (Å²) in [5.41, 5.74) is 7.55. The van der Waals surface area contributed by atoms with E-state index in [2.05, 4.69) is 24.9 Å². The molecule has 0 amide bonds. The predicted octanol–water partition coefficient (Wildman–Crippen LogP) is -4.44. The Labute approximate surface area is 332 Å². The van der Waals surface area contributed by atoms with Crippen molar-refractivity contribution in [3.8, 4) is 0 Å². The molecule has 31 heteroatoms. The first-order valence-electron chi connectivity index (χ1n) is 17.6. The highest BCUT2D eigenvalue weighted by atomic mass is 31.2. The first kappa shape index (κ1) is 43.5. The van der Waals surface area contributed by atoms with Gasteiger partial charge in [0, 0.05) is 24.4 Å². The number of anilines is 2. The molecule has 7 heterocycles. The first-order valence-corrected chi connectivity index (χ1v) is 20.6. The first-order chi connectivity index (χ1) is 28.3. The van der Waals surface area contributed by atoms with Gasteiger partial charge >= 0.3 is 27.0 Å². The number of aromatic amines is 2. The largest absolute Gasteiger partial charge is 0.472 e. The topological polar surface area (TPSA) is 425 Å². The Bertz CT molecular complexity index is 2580. The molecule has 0 aromatic carbocycles. The zero-order valence-electron chi connectivity index (χ0n) is 30.7. The van der Waals surface area contributed by atoms with E-state index in [4.69, 9.17) is 43.8 Å². The van der Waals surface area contributed by atoms with E-state index in [9.17, 15) is 58.5 Å². The van der Waals surface area contributed by atoms with Crippen LogP contribution in [0.2, 0.25) is 0 Å². The number of H-pyrrole nitrogens is 2. The lowest BCUT2D eigenvalue weighted by molar-refractivity contribution is -0.0637. The summed E-state index contributed by atoms with van der Waals surface area (Å²) in [7, 11) is -10.5. The van der Waals surface area contributed by atoms with Crippen LogP contribution in [0.3, 0.4) is 0 Å². The molecular formula is C29H38N10O19P2. The minimum atomic E-state index is -5.30. The van der Waals surface area contributed by atoms with E-state index in [1.165, 1.54) is 13.0 Å². The molecule has 3 aliphatic rings. The van der Waals surface area contributed by atoms with Crippen LogP contribution in [0.25, 0.3) is 11.2 Å². The lowest BCUT2D eigenvalue weighted by atomic mass is 10.1. The van der Waals surface area contributed by atoms with Crippen LogP contribution < -0.4 is 34.0 Å². The Morgan fingerprint density at radius 1 is 0.850 bits per heavy atom. The van der Waals surface area contributed by atoms with Crippen molar-refractivity contribution in [1.82, 2.24) is 38.6 Å². The zero-order valence-corrected chi connectivity index (χ0v) is 32.5. The number of nitrogens with one attached hydrogen (secondary N) is 2. The fourth-order valence-corrected chi connectivity index (χ4v) is 8.65. The van der Waals surface area contributed by atoms with Crippen molar-refractivity contribution in [3.63, 3.8) is 0 Å². The molecule has 0 aliphatic carbocycles. The molecule has 4 aromatic heterocycles. The number of imidazole rings is 1. The van der Waals surface area contributed by atoms with Crippen molar-refractivity contribution in [2.45, 2.75) is 80.9 Å². The molecule has 29 nitrogen and oxygen atoms in total. The van der Waals surface area contributed by atoms with Crippen molar-refractivity contribution >= 4 is 38.6 Å². The summed E-state index contributed by atoms with van der Waals surface area (Å²) in [6, 6.07) is 1.23. The number of aliphatic hydroxyl groups excluding tert-OH is 4. The number of ether oxygens (including phenoxy) is 3. The number of hydrogen-bond acceptors (Lipinski definition) is 22. The number of nitrogen functional groups attached to an aromatic ring is 2. The molecule has 0 saturated carbocycles. The van der Waals surface area contributed by atoms with Crippen LogP contribution >= 0.6 is 15.6 Å². The van der Waals surface area contributed by atoms with Crippen LogP contribution in [-0.2, 0) is 41.4 Å². The number of nitrogens with two attached hydrogens (primary N) is 2. The summed E-state index contributed by atoms with van der Waals surface area (Å²) in [6.45, 7) is -1.35. The summed E-state index contributed by atoms with van der Waals surface area (Å²) < 4.78 is 67.2. The minimum absolute atomic E-state index is 0.0660. The molecule has 0 bridgehead atoms. The molecule has 3 saturated heterocycles. The Morgan fingerprint density at radius 2 is 1.52 bits per heavy atom. The molecule has 7 rings (SSSR count). The van der Waals surface area contributed by atoms with E-state index in [1.807, 2.05) is 0 Å². The molecule has 12 N–H and O–H groups in total. The van der Waals surface area contributed by atoms with Gasteiger partial charge in [-0.15, -0.1) is 0 Å². The molecule has 3 fully saturated rings. The molecule has 4 aromatic rings. The highest BCUT2D eigenvalue weighted by Gasteiger charge is 2.51. The standard InChI is InChI=1S/C29H38N10O19P2/c1-10-5-38(29(47)36-23(10)44)16-4-11(57-59(48,49)53-8-14-18(41)19(42)25(56-14)37-3-2-15(30)33-28(37)46)13(54-16)7-52-60(50,51)58-21-12(6-40)55-26(20(21)43)39-9-32-17-22(39)34-27(31)35-24(17)45/h2-3,5,9,11-14,16,18-21,25-26,40-43H,4,6-8H2,1H3,(H,48,49)(H,50,51)(H2,30,33,46)(H,36,44,47)(H3,31,34,35,45)/t11-,12+,13+,14+,16+,18+,19+,20+,21+,25+,26+/m0/s1. The second-order valence-corrected chi connectivity index (χ2v) is 16.5. The number of nitrogens with zero attached hydrogens (tertiary/aromatic N) is 6. The molecule has 2 unspecified atom stereocenters. The quantitative estimate of drug-likeness (QED) is 0.0534. The maximum Gasteiger partial charge on any atom is 0.472 e. The molecule has 0 radical (unpaired) electrons. The van der Waals surface area contributed by atoms with Crippen molar-refractivity contribution in [3.05, 3.63) is 72.0 Å².